The van der Waals surface area contributed by atoms with Gasteiger partial charge in [0.2, 0.25) is 5.91 Å². The van der Waals surface area contributed by atoms with E-state index in [2.05, 4.69) is 22.3 Å². The van der Waals surface area contributed by atoms with Crippen LogP contribution in [-0.2, 0) is 11.0 Å². The zero-order valence-corrected chi connectivity index (χ0v) is 25.4. The third-order valence-electron chi connectivity index (χ3n) is 7.95. The number of unbranched alkanes of at least 4 members (excludes halogenated alkanes) is 2. The van der Waals surface area contributed by atoms with Gasteiger partial charge in [0.05, 0.1) is 5.56 Å². The molecule has 1 N–H and O–H groups in total. The number of likely N-dealkylation sites (tertiary alicyclic amines) is 1. The Morgan fingerprint density at radius 3 is 2.40 bits per heavy atom. The Kier molecular flexibility index (Phi) is 11.5. The molecule has 0 aromatic heterocycles. The molecule has 9 heteroatoms. The van der Waals surface area contributed by atoms with Crippen molar-refractivity contribution >= 4 is 23.2 Å². The van der Waals surface area contributed by atoms with Gasteiger partial charge >= 0.3 is 6.18 Å². The van der Waals surface area contributed by atoms with Crippen LogP contribution in [0.1, 0.15) is 81.1 Å². The summed E-state index contributed by atoms with van der Waals surface area (Å²) in [5, 5.41) is 3.52. The maximum absolute atomic E-state index is 14.4. The summed E-state index contributed by atoms with van der Waals surface area (Å²) < 4.78 is 60.0. The molecule has 4 rings (SSSR count). The monoisotopic (exact) mass is 618 g/mol. The number of benzene rings is 3. The van der Waals surface area contributed by atoms with E-state index in [9.17, 15) is 22.4 Å². The normalized spacial score (nSPS) is 15.4. The standard InChI is InChI=1S/C34H39ClF4N2O2/c1-23(2)33(42)40-29-8-6-7-26(21-29)24-16-19-41(20-17-24)18-5-3-4-9-31(25-10-13-28(35)14-11-25)43-32-22-27(34(37,38)39)12-15-30(32)36/h6-8,10-15,21-24,31H,3-5,9,16-20H2,1-2H3,(H,40,42). The van der Waals surface area contributed by atoms with E-state index in [4.69, 9.17) is 16.3 Å². The fourth-order valence-electron chi connectivity index (χ4n) is 5.38. The predicted molar refractivity (Wildman–Crippen MR) is 163 cm³/mol. The smallest absolute Gasteiger partial charge is 0.416 e. The lowest BCUT2D eigenvalue weighted by Gasteiger charge is -2.32. The van der Waals surface area contributed by atoms with Crippen molar-refractivity contribution in [3.8, 4) is 5.75 Å². The van der Waals surface area contributed by atoms with Gasteiger partial charge in [-0.1, -0.05) is 56.1 Å². The van der Waals surface area contributed by atoms with Gasteiger partial charge in [0.15, 0.2) is 11.6 Å². The van der Waals surface area contributed by atoms with Crippen LogP contribution in [0.3, 0.4) is 0 Å². The van der Waals surface area contributed by atoms with Gasteiger partial charge in [0.1, 0.15) is 6.10 Å². The molecule has 1 fully saturated rings. The predicted octanol–water partition coefficient (Wildman–Crippen LogP) is 9.65. The van der Waals surface area contributed by atoms with E-state index in [1.54, 1.807) is 24.3 Å². The van der Waals surface area contributed by atoms with E-state index in [1.165, 1.54) is 5.56 Å². The number of nitrogens with zero attached hydrogens (tertiary/aromatic N) is 1. The maximum atomic E-state index is 14.4. The van der Waals surface area contributed by atoms with Crippen molar-refractivity contribution < 1.29 is 27.1 Å². The number of amides is 1. The van der Waals surface area contributed by atoms with Crippen molar-refractivity contribution in [1.82, 2.24) is 4.90 Å². The summed E-state index contributed by atoms with van der Waals surface area (Å²) in [6, 6.07) is 17.3. The molecule has 0 bridgehead atoms. The highest BCUT2D eigenvalue weighted by molar-refractivity contribution is 6.30. The summed E-state index contributed by atoms with van der Waals surface area (Å²) in [4.78, 5) is 14.5. The van der Waals surface area contributed by atoms with Gasteiger partial charge < -0.3 is 15.0 Å². The number of hydrogen-bond donors (Lipinski definition) is 1. The highest BCUT2D eigenvalue weighted by Crippen LogP contribution is 2.36. The summed E-state index contributed by atoms with van der Waals surface area (Å²) in [5.74, 6) is -0.838. The van der Waals surface area contributed by atoms with E-state index in [1.807, 2.05) is 26.0 Å². The first-order chi connectivity index (χ1) is 20.5. The number of rotatable bonds is 12. The number of carbonyl (C=O) groups excluding carboxylic acids is 1. The van der Waals surface area contributed by atoms with Crippen molar-refractivity contribution in [3.63, 3.8) is 0 Å². The van der Waals surface area contributed by atoms with Crippen LogP contribution in [0.25, 0.3) is 0 Å². The van der Waals surface area contributed by atoms with Crippen LogP contribution in [0.5, 0.6) is 5.75 Å². The number of ether oxygens (including phenoxy) is 1. The molecule has 0 aliphatic carbocycles. The van der Waals surface area contributed by atoms with Gasteiger partial charge in [-0.15, -0.1) is 0 Å². The number of anilines is 1. The lowest BCUT2D eigenvalue weighted by molar-refractivity contribution is -0.137. The minimum Gasteiger partial charge on any atom is -0.483 e. The molecule has 1 aliphatic heterocycles. The average Bonchev–Trinajstić information content (AvgIpc) is 2.97. The SMILES string of the molecule is CC(C)C(=O)Nc1cccc(C2CCN(CCCCCC(Oc3cc(C(F)(F)F)ccc3F)c3ccc(Cl)cc3)CC2)c1. The summed E-state index contributed by atoms with van der Waals surface area (Å²) in [6.45, 7) is 6.72. The van der Waals surface area contributed by atoms with E-state index in [0.29, 0.717) is 23.4 Å². The van der Waals surface area contributed by atoms with Crippen LogP contribution in [0.15, 0.2) is 66.7 Å². The van der Waals surface area contributed by atoms with Crippen LogP contribution in [0.4, 0.5) is 23.2 Å². The Hall–Kier alpha value is -3.10. The second-order valence-electron chi connectivity index (χ2n) is 11.5. The molecule has 1 amide bonds. The fourth-order valence-corrected chi connectivity index (χ4v) is 5.51. The van der Waals surface area contributed by atoms with Crippen molar-refractivity contribution in [2.24, 2.45) is 5.92 Å². The molecule has 1 aliphatic rings. The summed E-state index contributed by atoms with van der Waals surface area (Å²) in [6.07, 6.45) is 0.107. The molecule has 4 nitrogen and oxygen atoms in total. The fraction of sp³-hybridized carbons (Fsp3) is 0.441. The highest BCUT2D eigenvalue weighted by atomic mass is 35.5. The van der Waals surface area contributed by atoms with Crippen LogP contribution in [0, 0.1) is 11.7 Å². The summed E-state index contributed by atoms with van der Waals surface area (Å²) in [5.41, 5.74) is 1.88. The quantitative estimate of drug-likeness (QED) is 0.162. The van der Waals surface area contributed by atoms with Gasteiger partial charge in [-0.25, -0.2) is 4.39 Å². The van der Waals surface area contributed by atoms with Crippen molar-refractivity contribution in [1.29, 1.82) is 0 Å². The van der Waals surface area contributed by atoms with E-state index < -0.39 is 29.4 Å². The number of hydrogen-bond acceptors (Lipinski definition) is 3. The van der Waals surface area contributed by atoms with Gasteiger partial charge in [-0.2, -0.15) is 13.2 Å². The Bertz CT molecular complexity index is 1340. The van der Waals surface area contributed by atoms with Gasteiger partial charge in [0.25, 0.3) is 0 Å². The number of nitrogens with one attached hydrogen (secondary N) is 1. The van der Waals surface area contributed by atoms with Crippen LogP contribution in [-0.4, -0.2) is 30.4 Å². The molecular weight excluding hydrogens is 580 g/mol. The highest BCUT2D eigenvalue weighted by Gasteiger charge is 2.32. The van der Waals surface area contributed by atoms with Crippen molar-refractivity contribution in [2.75, 3.05) is 25.0 Å². The van der Waals surface area contributed by atoms with Crippen molar-refractivity contribution in [3.05, 3.63) is 94.3 Å². The molecule has 1 heterocycles. The number of alkyl halides is 3. The second kappa shape index (κ2) is 15.1. The molecule has 1 atom stereocenters. The number of halogens is 5. The Balaban J connectivity index is 1.26. The molecule has 232 valence electrons. The Morgan fingerprint density at radius 2 is 1.72 bits per heavy atom. The van der Waals surface area contributed by atoms with Crippen LogP contribution < -0.4 is 10.1 Å². The first-order valence-corrected chi connectivity index (χ1v) is 15.3. The minimum absolute atomic E-state index is 0.0147. The van der Waals surface area contributed by atoms with Gasteiger partial charge in [0, 0.05) is 16.6 Å². The van der Waals surface area contributed by atoms with E-state index in [-0.39, 0.29) is 11.8 Å². The average molecular weight is 619 g/mol. The van der Waals surface area contributed by atoms with Crippen molar-refractivity contribution in [2.45, 2.75) is 70.6 Å². The molecule has 1 saturated heterocycles. The zero-order chi connectivity index (χ0) is 31.0. The molecule has 0 spiro atoms. The maximum Gasteiger partial charge on any atom is 0.416 e. The lowest BCUT2D eigenvalue weighted by atomic mass is 9.89. The summed E-state index contributed by atoms with van der Waals surface area (Å²) in [7, 11) is 0. The molecule has 1 unspecified atom stereocenters. The lowest BCUT2D eigenvalue weighted by Crippen LogP contribution is -2.33. The molecule has 3 aromatic carbocycles. The molecule has 0 saturated carbocycles. The van der Waals surface area contributed by atoms with E-state index in [0.717, 1.165) is 75.1 Å². The third kappa shape index (κ3) is 9.70. The largest absolute Gasteiger partial charge is 0.483 e. The Labute approximate surface area is 256 Å². The van der Waals surface area contributed by atoms with Crippen LogP contribution in [0.2, 0.25) is 5.02 Å². The summed E-state index contributed by atoms with van der Waals surface area (Å²) >= 11 is 6.03. The molecule has 43 heavy (non-hydrogen) atoms. The van der Waals surface area contributed by atoms with Crippen LogP contribution >= 0.6 is 11.6 Å². The topological polar surface area (TPSA) is 41.6 Å². The number of carbonyl (C=O) groups is 1. The third-order valence-corrected chi connectivity index (χ3v) is 8.20. The second-order valence-corrected chi connectivity index (χ2v) is 12.0. The first kappa shape index (κ1) is 32.8. The first-order valence-electron chi connectivity index (χ1n) is 14.9. The minimum atomic E-state index is -4.59. The van der Waals surface area contributed by atoms with Gasteiger partial charge in [-0.3, -0.25) is 4.79 Å². The van der Waals surface area contributed by atoms with Gasteiger partial charge in [-0.05, 0) is 111 Å². The number of piperidine rings is 1. The van der Waals surface area contributed by atoms with E-state index >= 15 is 0 Å². The zero-order valence-electron chi connectivity index (χ0n) is 24.6. The Morgan fingerprint density at radius 1 is 1.00 bits per heavy atom. The molecular formula is C34H39ClF4N2O2. The molecule has 0 radical (unpaired) electrons. The molecule has 3 aromatic rings.